The molecule has 0 bridgehead atoms. The molecular formula is C27H27F3N6O4. The van der Waals surface area contributed by atoms with Gasteiger partial charge in [-0.3, -0.25) is 24.2 Å². The number of para-hydroxylation sites is 1. The third kappa shape index (κ3) is 5.47. The number of pyridine rings is 1. The molecule has 2 aliphatic heterocycles. The number of aromatic nitrogens is 1. The van der Waals surface area contributed by atoms with Crippen LogP contribution in [0.2, 0.25) is 0 Å². The summed E-state index contributed by atoms with van der Waals surface area (Å²) in [6.45, 7) is 5.25. The van der Waals surface area contributed by atoms with Crippen LogP contribution in [-0.2, 0) is 30.8 Å². The number of fused-ring (bicyclic) bond motifs is 2. The Labute approximate surface area is 227 Å². The number of hydrogen-bond donors (Lipinski definition) is 3. The number of anilines is 2. The van der Waals surface area contributed by atoms with Gasteiger partial charge in [-0.1, -0.05) is 39.0 Å². The second-order valence-electron chi connectivity index (χ2n) is 11.1. The number of carbonyl (C=O) groups excluding carboxylic acids is 4. The molecule has 2 aliphatic rings. The zero-order chi connectivity index (χ0) is 29.5. The monoisotopic (exact) mass is 556 g/mol. The summed E-state index contributed by atoms with van der Waals surface area (Å²) in [6.07, 6.45) is -3.08. The minimum atomic E-state index is -4.81. The van der Waals surface area contributed by atoms with Gasteiger partial charge in [0.1, 0.15) is 12.1 Å². The van der Waals surface area contributed by atoms with E-state index < -0.39 is 58.1 Å². The number of amides is 4. The van der Waals surface area contributed by atoms with Crippen molar-refractivity contribution in [1.29, 1.82) is 5.26 Å². The molecule has 4 rings (SSSR count). The maximum atomic E-state index is 13.8. The van der Waals surface area contributed by atoms with Crippen LogP contribution in [0.5, 0.6) is 0 Å². The van der Waals surface area contributed by atoms with Crippen LogP contribution in [0.1, 0.15) is 44.7 Å². The van der Waals surface area contributed by atoms with E-state index in [2.05, 4.69) is 21.7 Å². The number of halogens is 3. The second-order valence-corrected chi connectivity index (χ2v) is 11.1. The molecule has 3 heterocycles. The summed E-state index contributed by atoms with van der Waals surface area (Å²) >= 11 is 0. The van der Waals surface area contributed by atoms with Crippen molar-refractivity contribution in [2.24, 2.45) is 5.41 Å². The number of likely N-dealkylation sites (tertiary alicyclic amines) is 1. The molecule has 1 fully saturated rings. The highest BCUT2D eigenvalue weighted by molar-refractivity contribution is 6.40. The van der Waals surface area contributed by atoms with Gasteiger partial charge < -0.3 is 20.9 Å². The van der Waals surface area contributed by atoms with Crippen molar-refractivity contribution in [1.82, 2.24) is 15.2 Å². The number of carbonyl (C=O) groups is 4. The highest BCUT2D eigenvalue weighted by Crippen LogP contribution is 2.46. The predicted molar refractivity (Wildman–Crippen MR) is 136 cm³/mol. The summed E-state index contributed by atoms with van der Waals surface area (Å²) in [5.41, 5.74) is -2.37. The lowest BCUT2D eigenvalue weighted by Crippen LogP contribution is -2.53. The van der Waals surface area contributed by atoms with Crippen molar-refractivity contribution in [3.05, 3.63) is 53.9 Å². The number of nitriles is 1. The van der Waals surface area contributed by atoms with E-state index in [0.717, 1.165) is 12.4 Å². The molecule has 4 amide bonds. The number of nitrogens with one attached hydrogen (secondary N) is 3. The molecule has 1 aromatic carbocycles. The molecular weight excluding hydrogens is 529 g/mol. The van der Waals surface area contributed by atoms with Crippen molar-refractivity contribution in [3.8, 4) is 6.07 Å². The molecule has 210 valence electrons. The van der Waals surface area contributed by atoms with Gasteiger partial charge in [0, 0.05) is 24.8 Å². The first-order valence-corrected chi connectivity index (χ1v) is 12.4. The minimum Gasteiger partial charge on any atom is -0.336 e. The standard InChI is InChI=1S/C27H27F3N6O4/c1-25(2,3)11-19(33-21(37)22(38)34-20-13-32-9-8-17(20)27(28,29)30)23(39)36-14-26(10-15(36)12-31)16-6-4-5-7-18(16)35-24(26)40/h4-9,13,15,19H,10-11,14H2,1-3H3,(H,33,37)(H,34,38)(H,35,40)/t15-,19-,26-/m0/s1. The van der Waals surface area contributed by atoms with E-state index in [4.69, 9.17) is 0 Å². The van der Waals surface area contributed by atoms with E-state index in [1.54, 1.807) is 45.0 Å². The fourth-order valence-corrected chi connectivity index (χ4v) is 5.14. The molecule has 0 unspecified atom stereocenters. The smallest absolute Gasteiger partial charge is 0.336 e. The Morgan fingerprint density at radius 1 is 1.20 bits per heavy atom. The van der Waals surface area contributed by atoms with Gasteiger partial charge in [0.2, 0.25) is 11.8 Å². The topological polar surface area (TPSA) is 144 Å². The fraction of sp³-hybridized carbons (Fsp3) is 0.407. The van der Waals surface area contributed by atoms with E-state index in [1.807, 2.05) is 5.32 Å². The highest BCUT2D eigenvalue weighted by Gasteiger charge is 2.56. The Bertz CT molecular complexity index is 1410. The van der Waals surface area contributed by atoms with Gasteiger partial charge in [0.15, 0.2) is 0 Å². The average molecular weight is 557 g/mol. The molecule has 1 saturated heterocycles. The summed E-state index contributed by atoms with van der Waals surface area (Å²) in [5.74, 6) is -3.80. The molecule has 0 radical (unpaired) electrons. The van der Waals surface area contributed by atoms with Crippen molar-refractivity contribution in [2.75, 3.05) is 17.2 Å². The van der Waals surface area contributed by atoms with Gasteiger partial charge in [-0.15, -0.1) is 0 Å². The predicted octanol–water partition coefficient (Wildman–Crippen LogP) is 2.97. The van der Waals surface area contributed by atoms with Gasteiger partial charge in [-0.2, -0.15) is 18.4 Å². The van der Waals surface area contributed by atoms with Crippen LogP contribution >= 0.6 is 0 Å². The average Bonchev–Trinajstić information content (AvgIpc) is 3.40. The first kappa shape index (κ1) is 28.5. The Morgan fingerprint density at radius 2 is 1.90 bits per heavy atom. The molecule has 1 spiro atoms. The third-order valence-corrected chi connectivity index (χ3v) is 6.92. The van der Waals surface area contributed by atoms with Crippen LogP contribution in [0.3, 0.4) is 0 Å². The van der Waals surface area contributed by atoms with Crippen LogP contribution in [0.4, 0.5) is 24.5 Å². The minimum absolute atomic E-state index is 0.0377. The summed E-state index contributed by atoms with van der Waals surface area (Å²) in [7, 11) is 0. The molecule has 2 aromatic rings. The van der Waals surface area contributed by atoms with Gasteiger partial charge in [0.25, 0.3) is 0 Å². The molecule has 0 aliphatic carbocycles. The van der Waals surface area contributed by atoms with Crippen molar-refractivity contribution in [3.63, 3.8) is 0 Å². The first-order chi connectivity index (χ1) is 18.7. The fourth-order valence-electron chi connectivity index (χ4n) is 5.14. The Balaban J connectivity index is 1.57. The quantitative estimate of drug-likeness (QED) is 0.494. The summed E-state index contributed by atoms with van der Waals surface area (Å²) in [5, 5.41) is 16.9. The van der Waals surface area contributed by atoms with Crippen LogP contribution < -0.4 is 16.0 Å². The molecule has 0 saturated carbocycles. The van der Waals surface area contributed by atoms with E-state index in [0.29, 0.717) is 17.3 Å². The molecule has 3 atom stereocenters. The van der Waals surface area contributed by atoms with Crippen LogP contribution in [0.15, 0.2) is 42.7 Å². The zero-order valence-corrected chi connectivity index (χ0v) is 21.9. The summed E-state index contributed by atoms with van der Waals surface area (Å²) in [6, 6.07) is 7.39. The lowest BCUT2D eigenvalue weighted by atomic mass is 9.80. The second kappa shape index (κ2) is 10.3. The lowest BCUT2D eigenvalue weighted by Gasteiger charge is -2.31. The number of nitrogens with zero attached hydrogens (tertiary/aromatic N) is 3. The maximum absolute atomic E-state index is 13.8. The SMILES string of the molecule is CC(C)(C)C[C@H](NC(=O)C(=O)Nc1cnccc1C(F)(F)F)C(=O)N1C[C@]2(C[C@H]1C#N)C(=O)Nc1ccccc12. The van der Waals surface area contributed by atoms with Gasteiger partial charge >= 0.3 is 18.0 Å². The summed E-state index contributed by atoms with van der Waals surface area (Å²) < 4.78 is 39.9. The Kier molecular flexibility index (Phi) is 7.32. The summed E-state index contributed by atoms with van der Waals surface area (Å²) in [4.78, 5) is 57.0. The van der Waals surface area contributed by atoms with Crippen molar-refractivity contribution >= 4 is 35.0 Å². The number of benzene rings is 1. The zero-order valence-electron chi connectivity index (χ0n) is 21.9. The van der Waals surface area contributed by atoms with Crippen LogP contribution in [0.25, 0.3) is 0 Å². The van der Waals surface area contributed by atoms with Gasteiger partial charge in [-0.25, -0.2) is 0 Å². The van der Waals surface area contributed by atoms with Crippen LogP contribution in [-0.4, -0.2) is 52.1 Å². The van der Waals surface area contributed by atoms with E-state index in [9.17, 15) is 37.6 Å². The van der Waals surface area contributed by atoms with E-state index in [1.165, 1.54) is 4.90 Å². The Morgan fingerprint density at radius 3 is 2.55 bits per heavy atom. The largest absolute Gasteiger partial charge is 0.418 e. The third-order valence-electron chi connectivity index (χ3n) is 6.92. The molecule has 3 N–H and O–H groups in total. The van der Waals surface area contributed by atoms with Gasteiger partial charge in [-0.05, 0) is 29.5 Å². The Hall–Kier alpha value is -4.47. The molecule has 1 aromatic heterocycles. The molecule has 13 heteroatoms. The maximum Gasteiger partial charge on any atom is 0.418 e. The van der Waals surface area contributed by atoms with Gasteiger partial charge in [0.05, 0.1) is 28.9 Å². The normalized spacial score (nSPS) is 20.9. The lowest BCUT2D eigenvalue weighted by molar-refractivity contribution is -0.141. The van der Waals surface area contributed by atoms with Crippen molar-refractivity contribution in [2.45, 2.75) is 57.3 Å². The molecule has 10 nitrogen and oxygen atoms in total. The number of rotatable bonds is 4. The number of hydrogen-bond acceptors (Lipinski definition) is 6. The number of alkyl halides is 3. The first-order valence-electron chi connectivity index (χ1n) is 12.4. The van der Waals surface area contributed by atoms with E-state index in [-0.39, 0.29) is 25.3 Å². The van der Waals surface area contributed by atoms with Crippen molar-refractivity contribution < 1.29 is 32.3 Å². The van der Waals surface area contributed by atoms with E-state index >= 15 is 0 Å². The highest BCUT2D eigenvalue weighted by atomic mass is 19.4. The molecule has 40 heavy (non-hydrogen) atoms. The van der Waals surface area contributed by atoms with Crippen LogP contribution in [0, 0.1) is 16.7 Å².